The summed E-state index contributed by atoms with van der Waals surface area (Å²) in [5.74, 6) is 0.987. The van der Waals surface area contributed by atoms with Crippen molar-refractivity contribution in [3.8, 4) is 5.88 Å². The number of hydrogen-bond acceptors (Lipinski definition) is 5. The number of ether oxygens (including phenoxy) is 1. The summed E-state index contributed by atoms with van der Waals surface area (Å²) in [6.07, 6.45) is 2.37. The van der Waals surface area contributed by atoms with Crippen molar-refractivity contribution in [1.29, 1.82) is 0 Å². The van der Waals surface area contributed by atoms with Crippen LogP contribution in [0.25, 0.3) is 10.9 Å². The number of hydrogen-bond donors (Lipinski definition) is 1. The normalized spacial score (nSPS) is 24.3. The van der Waals surface area contributed by atoms with Crippen LogP contribution in [0, 0.1) is 5.41 Å². The second kappa shape index (κ2) is 6.67. The van der Waals surface area contributed by atoms with Crippen molar-refractivity contribution < 1.29 is 17.9 Å². The summed E-state index contributed by atoms with van der Waals surface area (Å²) in [6, 6.07) is 9.03. The van der Waals surface area contributed by atoms with Crippen LogP contribution in [0.2, 0.25) is 0 Å². The number of nitrogens with one attached hydrogen (secondary N) is 1. The zero-order valence-electron chi connectivity index (χ0n) is 15.3. The van der Waals surface area contributed by atoms with E-state index in [1.54, 1.807) is 18.1 Å². The molecule has 2 aliphatic rings. The molecule has 7 nitrogen and oxygen atoms in total. The predicted molar refractivity (Wildman–Crippen MR) is 104 cm³/mol. The first-order valence-electron chi connectivity index (χ1n) is 9.09. The minimum Gasteiger partial charge on any atom is -0.481 e. The SMILES string of the molecule is COc1ccc2cc(NC(=O)N3CCC[C@@]4(CCS(=O)(=O)C4)C3)ccc2n1. The highest BCUT2D eigenvalue weighted by atomic mass is 32.2. The molecule has 0 saturated carbocycles. The number of fused-ring (bicyclic) bond motifs is 1. The second-order valence-corrected chi connectivity index (χ2v) is 9.74. The maximum absolute atomic E-state index is 12.7. The third kappa shape index (κ3) is 3.71. The van der Waals surface area contributed by atoms with Gasteiger partial charge in [0, 0.05) is 35.6 Å². The van der Waals surface area contributed by atoms with Crippen molar-refractivity contribution in [2.45, 2.75) is 19.3 Å². The Hall–Kier alpha value is -2.35. The van der Waals surface area contributed by atoms with Crippen LogP contribution in [0.4, 0.5) is 10.5 Å². The summed E-state index contributed by atoms with van der Waals surface area (Å²) in [4.78, 5) is 18.8. The minimum absolute atomic E-state index is 0.181. The lowest BCUT2D eigenvalue weighted by atomic mass is 9.80. The van der Waals surface area contributed by atoms with Crippen molar-refractivity contribution in [2.24, 2.45) is 5.41 Å². The van der Waals surface area contributed by atoms with Gasteiger partial charge in [-0.15, -0.1) is 0 Å². The molecule has 2 saturated heterocycles. The molecule has 2 amide bonds. The molecule has 2 aliphatic heterocycles. The number of nitrogens with zero attached hydrogens (tertiary/aromatic N) is 2. The Morgan fingerprint density at radius 3 is 2.85 bits per heavy atom. The topological polar surface area (TPSA) is 88.6 Å². The van der Waals surface area contributed by atoms with E-state index >= 15 is 0 Å². The van der Waals surface area contributed by atoms with E-state index in [1.807, 2.05) is 24.3 Å². The van der Waals surface area contributed by atoms with E-state index in [2.05, 4.69) is 10.3 Å². The summed E-state index contributed by atoms with van der Waals surface area (Å²) >= 11 is 0. The zero-order chi connectivity index (χ0) is 19.1. The summed E-state index contributed by atoms with van der Waals surface area (Å²) in [5.41, 5.74) is 1.22. The first-order valence-corrected chi connectivity index (χ1v) is 10.9. The summed E-state index contributed by atoms with van der Waals surface area (Å²) in [7, 11) is -1.39. The zero-order valence-corrected chi connectivity index (χ0v) is 16.1. The number of sulfone groups is 1. The van der Waals surface area contributed by atoms with Crippen LogP contribution >= 0.6 is 0 Å². The van der Waals surface area contributed by atoms with Gasteiger partial charge in [-0.25, -0.2) is 18.2 Å². The Labute approximate surface area is 158 Å². The number of likely N-dealkylation sites (tertiary alicyclic amines) is 1. The molecule has 0 aliphatic carbocycles. The number of piperidine rings is 1. The molecule has 27 heavy (non-hydrogen) atoms. The highest BCUT2D eigenvalue weighted by Gasteiger charge is 2.45. The van der Waals surface area contributed by atoms with Gasteiger partial charge in [0.15, 0.2) is 9.84 Å². The summed E-state index contributed by atoms with van der Waals surface area (Å²) < 4.78 is 28.9. The minimum atomic E-state index is -2.97. The molecule has 2 aromatic rings. The van der Waals surface area contributed by atoms with Crippen LogP contribution in [0.3, 0.4) is 0 Å². The number of pyridine rings is 1. The number of methoxy groups -OCH3 is 1. The molecule has 0 bridgehead atoms. The van der Waals surface area contributed by atoms with Crippen LogP contribution in [0.1, 0.15) is 19.3 Å². The number of carbonyl (C=O) groups is 1. The van der Waals surface area contributed by atoms with E-state index < -0.39 is 9.84 Å². The van der Waals surface area contributed by atoms with E-state index in [-0.39, 0.29) is 23.0 Å². The van der Waals surface area contributed by atoms with Gasteiger partial charge in [-0.1, -0.05) is 0 Å². The fraction of sp³-hybridized carbons (Fsp3) is 0.474. The fourth-order valence-corrected chi connectivity index (χ4v) is 6.39. The molecule has 1 aromatic carbocycles. The molecule has 144 valence electrons. The number of anilines is 1. The molecular formula is C19H23N3O4S. The molecule has 0 radical (unpaired) electrons. The van der Waals surface area contributed by atoms with Gasteiger partial charge in [0.25, 0.3) is 0 Å². The van der Waals surface area contributed by atoms with Crippen molar-refractivity contribution in [3.05, 3.63) is 30.3 Å². The smallest absolute Gasteiger partial charge is 0.321 e. The Kier molecular flexibility index (Phi) is 4.46. The molecule has 0 unspecified atom stereocenters. The van der Waals surface area contributed by atoms with E-state index in [4.69, 9.17) is 4.74 Å². The number of aromatic nitrogens is 1. The first kappa shape index (κ1) is 18.0. The Morgan fingerprint density at radius 1 is 1.26 bits per heavy atom. The number of carbonyl (C=O) groups excluding carboxylic acids is 1. The van der Waals surface area contributed by atoms with Crippen LogP contribution in [0.15, 0.2) is 30.3 Å². The van der Waals surface area contributed by atoms with Crippen molar-refractivity contribution >= 4 is 32.5 Å². The Morgan fingerprint density at radius 2 is 2.11 bits per heavy atom. The monoisotopic (exact) mass is 389 g/mol. The lowest BCUT2D eigenvalue weighted by Crippen LogP contribution is -2.48. The average Bonchev–Trinajstić information content (AvgIpc) is 2.95. The second-order valence-electron chi connectivity index (χ2n) is 7.56. The fourth-order valence-electron chi connectivity index (χ4n) is 4.19. The van der Waals surface area contributed by atoms with Gasteiger partial charge in [0.1, 0.15) is 0 Å². The molecule has 1 spiro atoms. The van der Waals surface area contributed by atoms with Gasteiger partial charge < -0.3 is 15.0 Å². The predicted octanol–water partition coefficient (Wildman–Crippen LogP) is 2.68. The van der Waals surface area contributed by atoms with Crippen molar-refractivity contribution in [1.82, 2.24) is 9.88 Å². The van der Waals surface area contributed by atoms with E-state index in [0.29, 0.717) is 31.1 Å². The van der Waals surface area contributed by atoms with Crippen LogP contribution in [0.5, 0.6) is 5.88 Å². The number of urea groups is 1. The quantitative estimate of drug-likeness (QED) is 0.853. The molecule has 1 N–H and O–H groups in total. The third-order valence-corrected chi connectivity index (χ3v) is 7.42. The van der Waals surface area contributed by atoms with Gasteiger partial charge in [-0.05, 0) is 43.5 Å². The van der Waals surface area contributed by atoms with E-state index in [9.17, 15) is 13.2 Å². The van der Waals surface area contributed by atoms with Gasteiger partial charge in [0.05, 0.1) is 24.1 Å². The molecule has 3 heterocycles. The highest BCUT2D eigenvalue weighted by molar-refractivity contribution is 7.91. The maximum Gasteiger partial charge on any atom is 0.321 e. The lowest BCUT2D eigenvalue weighted by Gasteiger charge is -2.39. The number of rotatable bonds is 2. The molecule has 8 heteroatoms. The summed E-state index contributed by atoms with van der Waals surface area (Å²) in [5, 5.41) is 3.85. The molecule has 4 rings (SSSR count). The van der Waals surface area contributed by atoms with Gasteiger partial charge in [-0.2, -0.15) is 0 Å². The third-order valence-electron chi connectivity index (χ3n) is 5.54. The van der Waals surface area contributed by atoms with Gasteiger partial charge in [0.2, 0.25) is 5.88 Å². The van der Waals surface area contributed by atoms with Gasteiger partial charge >= 0.3 is 6.03 Å². The van der Waals surface area contributed by atoms with Crippen LogP contribution in [-0.2, 0) is 9.84 Å². The Balaban J connectivity index is 1.48. The molecule has 1 atom stereocenters. The Bertz CT molecular complexity index is 992. The largest absolute Gasteiger partial charge is 0.481 e. The number of amides is 2. The highest BCUT2D eigenvalue weighted by Crippen LogP contribution is 2.40. The summed E-state index contributed by atoms with van der Waals surface area (Å²) in [6.45, 7) is 1.16. The van der Waals surface area contributed by atoms with Gasteiger partial charge in [-0.3, -0.25) is 0 Å². The standard InChI is InChI=1S/C19H23N3O4S/c1-26-17-6-3-14-11-15(4-5-16(14)21-17)20-18(23)22-9-2-7-19(12-22)8-10-27(24,25)13-19/h3-6,11H,2,7-10,12-13H2,1H3,(H,20,23)/t19-/m1/s1. The first-order chi connectivity index (χ1) is 12.9. The van der Waals surface area contributed by atoms with Crippen molar-refractivity contribution in [3.63, 3.8) is 0 Å². The lowest BCUT2D eigenvalue weighted by molar-refractivity contribution is 0.130. The van der Waals surface area contributed by atoms with Crippen LogP contribution in [-0.4, -0.2) is 56.0 Å². The van der Waals surface area contributed by atoms with Crippen molar-refractivity contribution in [2.75, 3.05) is 37.0 Å². The molecular weight excluding hydrogens is 366 g/mol. The van der Waals surface area contributed by atoms with E-state index in [1.165, 1.54) is 0 Å². The van der Waals surface area contributed by atoms with Crippen LogP contribution < -0.4 is 10.1 Å². The number of benzene rings is 1. The maximum atomic E-state index is 12.7. The van der Waals surface area contributed by atoms with E-state index in [0.717, 1.165) is 23.7 Å². The molecule has 1 aromatic heterocycles. The molecule has 2 fully saturated rings. The average molecular weight is 389 g/mol.